The fourth-order valence-electron chi connectivity index (χ4n) is 2.54. The Hall–Kier alpha value is -0.620. The zero-order valence-electron chi connectivity index (χ0n) is 11.0. The molecule has 0 spiro atoms. The number of carbonyl (C=O) groups excluding carboxylic acids is 1. The van der Waals surface area contributed by atoms with Gasteiger partial charge in [-0.3, -0.25) is 4.79 Å². The summed E-state index contributed by atoms with van der Waals surface area (Å²) in [5.41, 5.74) is 1.21. The summed E-state index contributed by atoms with van der Waals surface area (Å²) in [6.45, 7) is 6.13. The highest BCUT2D eigenvalue weighted by atomic mass is 35.5. The molecule has 1 atom stereocenters. The number of carbonyl (C=O) groups is 1. The van der Waals surface area contributed by atoms with Crippen molar-refractivity contribution in [3.63, 3.8) is 0 Å². The lowest BCUT2D eigenvalue weighted by Gasteiger charge is -2.33. The summed E-state index contributed by atoms with van der Waals surface area (Å²) in [6.07, 6.45) is 0.949. The number of fused-ring (bicyclic) bond motifs is 1. The molecule has 0 unspecified atom stereocenters. The average Bonchev–Trinajstić information content (AvgIpc) is 2.82. The standard InChI is InChI=1S/C13H18N2O2S.ClH/c1-9-7-14-3-4-15(9)13(16)12-6-10-8-17-5-2-11(10)18-12;/h6,9,14H,2-5,7-8H2,1H3;1H/t9-;/m1./s1. The Balaban J connectivity index is 0.00000133. The smallest absolute Gasteiger partial charge is 0.264 e. The second kappa shape index (κ2) is 6.22. The van der Waals surface area contributed by atoms with Crippen LogP contribution in [0.1, 0.15) is 27.0 Å². The Morgan fingerprint density at radius 2 is 2.42 bits per heavy atom. The molecule has 106 valence electrons. The second-order valence-corrected chi connectivity index (χ2v) is 6.05. The zero-order valence-corrected chi connectivity index (χ0v) is 12.6. The van der Waals surface area contributed by atoms with E-state index in [1.807, 2.05) is 11.0 Å². The fraction of sp³-hybridized carbons (Fsp3) is 0.615. The fourth-order valence-corrected chi connectivity index (χ4v) is 3.64. The van der Waals surface area contributed by atoms with E-state index < -0.39 is 0 Å². The van der Waals surface area contributed by atoms with Gasteiger partial charge >= 0.3 is 0 Å². The van der Waals surface area contributed by atoms with Crippen LogP contribution in [0.5, 0.6) is 0 Å². The number of amides is 1. The number of hydrogen-bond donors (Lipinski definition) is 1. The molecule has 0 aliphatic carbocycles. The lowest BCUT2D eigenvalue weighted by Crippen LogP contribution is -2.52. The predicted octanol–water partition coefficient (Wildman–Crippen LogP) is 1.68. The van der Waals surface area contributed by atoms with Crippen molar-refractivity contribution in [1.82, 2.24) is 10.2 Å². The zero-order chi connectivity index (χ0) is 12.5. The number of hydrogen-bond acceptors (Lipinski definition) is 4. The molecule has 1 aromatic rings. The first-order valence-electron chi connectivity index (χ1n) is 6.46. The first kappa shape index (κ1) is 14.8. The lowest BCUT2D eigenvalue weighted by molar-refractivity contribution is 0.0660. The largest absolute Gasteiger partial charge is 0.376 e. The summed E-state index contributed by atoms with van der Waals surface area (Å²) in [5, 5.41) is 3.31. The molecule has 2 aliphatic heterocycles. The minimum absolute atomic E-state index is 0. The average molecular weight is 303 g/mol. The van der Waals surface area contributed by atoms with Crippen molar-refractivity contribution in [3.05, 3.63) is 21.4 Å². The van der Waals surface area contributed by atoms with Crippen LogP contribution < -0.4 is 5.32 Å². The molecule has 19 heavy (non-hydrogen) atoms. The molecule has 6 heteroatoms. The number of piperazine rings is 1. The molecule has 2 aliphatic rings. The van der Waals surface area contributed by atoms with Gasteiger partial charge in [0, 0.05) is 37.0 Å². The number of rotatable bonds is 1. The van der Waals surface area contributed by atoms with Crippen molar-refractivity contribution in [2.24, 2.45) is 0 Å². The third-order valence-electron chi connectivity index (χ3n) is 3.60. The van der Waals surface area contributed by atoms with Gasteiger partial charge < -0.3 is 15.0 Å². The van der Waals surface area contributed by atoms with Crippen molar-refractivity contribution in [3.8, 4) is 0 Å². The van der Waals surface area contributed by atoms with E-state index in [-0.39, 0.29) is 24.4 Å². The van der Waals surface area contributed by atoms with Crippen LogP contribution in [0, 0.1) is 0 Å². The summed E-state index contributed by atoms with van der Waals surface area (Å²) in [7, 11) is 0. The molecular weight excluding hydrogens is 284 g/mol. The Morgan fingerprint density at radius 3 is 3.16 bits per heavy atom. The van der Waals surface area contributed by atoms with Crippen molar-refractivity contribution in [1.29, 1.82) is 0 Å². The van der Waals surface area contributed by atoms with Gasteiger partial charge in [0.05, 0.1) is 18.1 Å². The third kappa shape index (κ3) is 2.94. The van der Waals surface area contributed by atoms with Crippen LogP contribution in [0.2, 0.25) is 0 Å². The normalized spacial score (nSPS) is 22.6. The van der Waals surface area contributed by atoms with Gasteiger partial charge in [0.2, 0.25) is 0 Å². The van der Waals surface area contributed by atoms with Gasteiger partial charge in [0.15, 0.2) is 0 Å². The minimum atomic E-state index is 0. The summed E-state index contributed by atoms with van der Waals surface area (Å²) >= 11 is 1.65. The first-order chi connectivity index (χ1) is 8.75. The van der Waals surface area contributed by atoms with Crippen LogP contribution in [-0.4, -0.2) is 43.1 Å². The number of ether oxygens (including phenoxy) is 1. The van der Waals surface area contributed by atoms with Crippen molar-refractivity contribution in [2.75, 3.05) is 26.2 Å². The van der Waals surface area contributed by atoms with Crippen LogP contribution in [0.4, 0.5) is 0 Å². The van der Waals surface area contributed by atoms with E-state index >= 15 is 0 Å². The highest BCUT2D eigenvalue weighted by Gasteiger charge is 2.26. The van der Waals surface area contributed by atoms with Crippen LogP contribution in [0.25, 0.3) is 0 Å². The molecule has 1 aromatic heterocycles. The van der Waals surface area contributed by atoms with E-state index in [0.717, 1.165) is 37.5 Å². The highest BCUT2D eigenvalue weighted by molar-refractivity contribution is 7.14. The molecule has 3 heterocycles. The van der Waals surface area contributed by atoms with Crippen molar-refractivity contribution >= 4 is 29.7 Å². The van der Waals surface area contributed by atoms with Crippen molar-refractivity contribution < 1.29 is 9.53 Å². The number of halogens is 1. The van der Waals surface area contributed by atoms with Crippen LogP contribution in [0.3, 0.4) is 0 Å². The van der Waals surface area contributed by atoms with E-state index in [1.54, 1.807) is 11.3 Å². The summed E-state index contributed by atoms with van der Waals surface area (Å²) in [4.78, 5) is 16.7. The minimum Gasteiger partial charge on any atom is -0.376 e. The number of nitrogens with one attached hydrogen (secondary N) is 1. The number of thiophene rings is 1. The first-order valence-corrected chi connectivity index (χ1v) is 7.28. The molecule has 1 saturated heterocycles. The van der Waals surface area contributed by atoms with E-state index in [9.17, 15) is 4.79 Å². The molecule has 1 amide bonds. The second-order valence-electron chi connectivity index (χ2n) is 4.91. The van der Waals surface area contributed by atoms with Gasteiger partial charge in [-0.05, 0) is 18.6 Å². The number of nitrogens with zero attached hydrogens (tertiary/aromatic N) is 1. The molecule has 0 aromatic carbocycles. The third-order valence-corrected chi connectivity index (χ3v) is 4.83. The summed E-state index contributed by atoms with van der Waals surface area (Å²) < 4.78 is 5.43. The molecule has 1 N–H and O–H groups in total. The van der Waals surface area contributed by atoms with E-state index in [4.69, 9.17) is 4.74 Å². The highest BCUT2D eigenvalue weighted by Crippen LogP contribution is 2.28. The molecule has 0 bridgehead atoms. The van der Waals surface area contributed by atoms with Gasteiger partial charge in [-0.2, -0.15) is 0 Å². The maximum absolute atomic E-state index is 12.5. The van der Waals surface area contributed by atoms with Crippen molar-refractivity contribution in [2.45, 2.75) is 26.0 Å². The maximum Gasteiger partial charge on any atom is 0.264 e. The molecule has 1 fully saturated rings. The van der Waals surface area contributed by atoms with Crippen LogP contribution >= 0.6 is 23.7 Å². The Labute approximate surface area is 123 Å². The molecular formula is C13H19ClN2O2S. The Morgan fingerprint density at radius 1 is 1.58 bits per heavy atom. The lowest BCUT2D eigenvalue weighted by atomic mass is 10.1. The SMILES string of the molecule is C[C@@H]1CNCCN1C(=O)c1cc2c(s1)CCOC2.Cl. The quantitative estimate of drug-likeness (QED) is 0.858. The summed E-state index contributed by atoms with van der Waals surface area (Å²) in [5.74, 6) is 0.184. The van der Waals surface area contributed by atoms with Gasteiger partial charge in [0.25, 0.3) is 5.91 Å². The molecule has 0 radical (unpaired) electrons. The van der Waals surface area contributed by atoms with E-state index in [2.05, 4.69) is 12.2 Å². The van der Waals surface area contributed by atoms with Crippen LogP contribution in [0.15, 0.2) is 6.07 Å². The van der Waals surface area contributed by atoms with Gasteiger partial charge in [-0.25, -0.2) is 0 Å². The maximum atomic E-state index is 12.5. The van der Waals surface area contributed by atoms with Crippen LogP contribution in [-0.2, 0) is 17.8 Å². The van der Waals surface area contributed by atoms with E-state index in [0.29, 0.717) is 6.61 Å². The monoisotopic (exact) mass is 302 g/mol. The molecule has 0 saturated carbocycles. The topological polar surface area (TPSA) is 41.6 Å². The predicted molar refractivity (Wildman–Crippen MR) is 78.3 cm³/mol. The van der Waals surface area contributed by atoms with Gasteiger partial charge in [-0.15, -0.1) is 23.7 Å². The Bertz CT molecular complexity index is 440. The van der Waals surface area contributed by atoms with Gasteiger partial charge in [0.1, 0.15) is 0 Å². The molecule has 4 nitrogen and oxygen atoms in total. The van der Waals surface area contributed by atoms with E-state index in [1.165, 1.54) is 10.4 Å². The summed E-state index contributed by atoms with van der Waals surface area (Å²) in [6, 6.07) is 2.30. The Kier molecular flexibility index (Phi) is 4.84. The van der Waals surface area contributed by atoms with Gasteiger partial charge in [-0.1, -0.05) is 0 Å². The molecule has 3 rings (SSSR count).